The molecule has 4 N–H and O–H groups in total. The van der Waals surface area contributed by atoms with E-state index in [9.17, 15) is 0 Å². The first-order valence-electron chi connectivity index (χ1n) is 6.88. The van der Waals surface area contributed by atoms with Crippen LogP contribution in [-0.4, -0.2) is 9.97 Å². The first-order chi connectivity index (χ1) is 10.3. The summed E-state index contributed by atoms with van der Waals surface area (Å²) in [6.45, 7) is 2.05. The van der Waals surface area contributed by atoms with E-state index in [1.54, 1.807) is 0 Å². The van der Waals surface area contributed by atoms with E-state index >= 15 is 0 Å². The predicted molar refractivity (Wildman–Crippen MR) is 86.5 cm³/mol. The number of nitrogens with zero attached hydrogens (tertiary/aromatic N) is 2. The molecule has 0 aliphatic rings. The van der Waals surface area contributed by atoms with Crippen LogP contribution in [0, 0.1) is 0 Å². The number of fused-ring (bicyclic) bond motifs is 1. The third-order valence-corrected chi connectivity index (χ3v) is 3.45. The second-order valence-corrected chi connectivity index (χ2v) is 4.73. The van der Waals surface area contributed by atoms with Gasteiger partial charge < -0.3 is 10.7 Å². The van der Waals surface area contributed by atoms with Crippen LogP contribution in [0.5, 0.6) is 0 Å². The molecule has 0 saturated heterocycles. The summed E-state index contributed by atoms with van der Waals surface area (Å²) in [5.74, 6) is 6.92. The summed E-state index contributed by atoms with van der Waals surface area (Å²) in [7, 11) is 0. The van der Waals surface area contributed by atoms with Gasteiger partial charge in [0.15, 0.2) is 0 Å². The van der Waals surface area contributed by atoms with Crippen LogP contribution >= 0.6 is 0 Å². The van der Waals surface area contributed by atoms with E-state index in [0.29, 0.717) is 5.82 Å². The fourth-order valence-corrected chi connectivity index (χ4v) is 2.38. The highest BCUT2D eigenvalue weighted by Gasteiger charge is 2.09. The normalized spacial score (nSPS) is 10.6. The van der Waals surface area contributed by atoms with Crippen molar-refractivity contribution in [1.82, 2.24) is 9.97 Å². The van der Waals surface area contributed by atoms with Gasteiger partial charge in [0.2, 0.25) is 0 Å². The van der Waals surface area contributed by atoms with Gasteiger partial charge in [0.05, 0.1) is 0 Å². The Morgan fingerprint density at radius 1 is 1.00 bits per heavy atom. The molecule has 0 saturated carbocycles. The molecule has 3 aromatic rings. The second-order valence-electron chi connectivity index (χ2n) is 4.73. The molecule has 1 aromatic heterocycles. The zero-order valence-corrected chi connectivity index (χ0v) is 11.8. The molecule has 21 heavy (non-hydrogen) atoms. The molecule has 0 aliphatic heterocycles. The average molecular weight is 279 g/mol. The summed E-state index contributed by atoms with van der Waals surface area (Å²) in [6.07, 6.45) is 2.29. The van der Waals surface area contributed by atoms with E-state index in [2.05, 4.69) is 45.0 Å². The van der Waals surface area contributed by atoms with Crippen molar-refractivity contribution in [2.45, 2.75) is 13.3 Å². The molecule has 5 heteroatoms. The van der Waals surface area contributed by atoms with Crippen LogP contribution in [-0.2, 0) is 6.42 Å². The van der Waals surface area contributed by atoms with Crippen molar-refractivity contribution in [1.29, 1.82) is 0 Å². The number of anilines is 3. The Morgan fingerprint density at radius 3 is 2.52 bits per heavy atom. The van der Waals surface area contributed by atoms with E-state index in [-0.39, 0.29) is 0 Å². The molecule has 1 heterocycles. The maximum atomic E-state index is 5.49. The lowest BCUT2D eigenvalue weighted by molar-refractivity contribution is 1.04. The SMILES string of the molecule is CCc1c(NN)ncnc1Nc1ccc2ccccc2c1. The number of rotatable bonds is 4. The van der Waals surface area contributed by atoms with Gasteiger partial charge in [0.1, 0.15) is 18.0 Å². The average Bonchev–Trinajstić information content (AvgIpc) is 2.54. The van der Waals surface area contributed by atoms with E-state index in [1.807, 2.05) is 25.1 Å². The van der Waals surface area contributed by atoms with Crippen LogP contribution in [0.3, 0.4) is 0 Å². The minimum absolute atomic E-state index is 0.649. The first-order valence-corrected chi connectivity index (χ1v) is 6.88. The van der Waals surface area contributed by atoms with Crippen LogP contribution in [0.2, 0.25) is 0 Å². The molecule has 106 valence electrons. The zero-order chi connectivity index (χ0) is 14.7. The number of hydrogen-bond acceptors (Lipinski definition) is 5. The number of benzene rings is 2. The third-order valence-electron chi connectivity index (χ3n) is 3.45. The lowest BCUT2D eigenvalue weighted by Crippen LogP contribution is -2.13. The lowest BCUT2D eigenvalue weighted by atomic mass is 10.1. The monoisotopic (exact) mass is 279 g/mol. The molecular weight excluding hydrogens is 262 g/mol. The van der Waals surface area contributed by atoms with Gasteiger partial charge in [-0.2, -0.15) is 0 Å². The molecule has 5 nitrogen and oxygen atoms in total. The Labute approximate surface area is 123 Å². The summed E-state index contributed by atoms with van der Waals surface area (Å²) in [6, 6.07) is 14.5. The van der Waals surface area contributed by atoms with Gasteiger partial charge in [-0.15, -0.1) is 0 Å². The topological polar surface area (TPSA) is 75.9 Å². The number of nitrogen functional groups attached to an aromatic ring is 1. The highest BCUT2D eigenvalue weighted by atomic mass is 15.3. The van der Waals surface area contributed by atoms with Gasteiger partial charge in [0, 0.05) is 11.3 Å². The largest absolute Gasteiger partial charge is 0.340 e. The number of nitrogens with one attached hydrogen (secondary N) is 2. The quantitative estimate of drug-likeness (QED) is 0.505. The minimum atomic E-state index is 0.649. The van der Waals surface area contributed by atoms with E-state index in [4.69, 9.17) is 5.84 Å². The van der Waals surface area contributed by atoms with Crippen LogP contribution in [0.4, 0.5) is 17.3 Å². The Balaban J connectivity index is 1.98. The number of nitrogens with two attached hydrogens (primary N) is 1. The molecule has 3 rings (SSSR count). The van der Waals surface area contributed by atoms with Gasteiger partial charge in [-0.1, -0.05) is 37.3 Å². The van der Waals surface area contributed by atoms with Crippen molar-refractivity contribution in [2.75, 3.05) is 10.7 Å². The zero-order valence-electron chi connectivity index (χ0n) is 11.8. The fraction of sp³-hybridized carbons (Fsp3) is 0.125. The van der Waals surface area contributed by atoms with E-state index in [0.717, 1.165) is 23.5 Å². The molecule has 0 spiro atoms. The first kappa shape index (κ1) is 13.3. The third kappa shape index (κ3) is 2.64. The van der Waals surface area contributed by atoms with Crippen molar-refractivity contribution in [2.24, 2.45) is 5.84 Å². The molecule has 0 bridgehead atoms. The lowest BCUT2D eigenvalue weighted by Gasteiger charge is -2.13. The standard InChI is InChI=1S/C16H17N5/c1-2-14-15(18-10-19-16(14)21-17)20-13-8-7-11-5-3-4-6-12(11)9-13/h3-10H,2,17H2,1H3,(H2,18,19,20,21). The maximum Gasteiger partial charge on any atom is 0.148 e. The van der Waals surface area contributed by atoms with E-state index in [1.165, 1.54) is 17.1 Å². The Morgan fingerprint density at radius 2 is 1.76 bits per heavy atom. The second kappa shape index (κ2) is 5.76. The predicted octanol–water partition coefficient (Wildman–Crippen LogP) is 3.22. The van der Waals surface area contributed by atoms with Crippen molar-refractivity contribution < 1.29 is 0 Å². The molecule has 0 aliphatic carbocycles. The molecule has 0 fully saturated rings. The Bertz CT molecular complexity index is 769. The highest BCUT2D eigenvalue weighted by molar-refractivity contribution is 5.86. The summed E-state index contributed by atoms with van der Waals surface area (Å²) in [4.78, 5) is 8.45. The van der Waals surface area contributed by atoms with Crippen LogP contribution in [0.25, 0.3) is 10.8 Å². The summed E-state index contributed by atoms with van der Waals surface area (Å²) < 4.78 is 0. The van der Waals surface area contributed by atoms with E-state index < -0.39 is 0 Å². The Hall–Kier alpha value is -2.66. The maximum absolute atomic E-state index is 5.49. The summed E-state index contributed by atoms with van der Waals surface area (Å²) in [5.41, 5.74) is 4.57. The van der Waals surface area contributed by atoms with Gasteiger partial charge in [-0.25, -0.2) is 15.8 Å². The van der Waals surface area contributed by atoms with Gasteiger partial charge in [-0.3, -0.25) is 0 Å². The summed E-state index contributed by atoms with van der Waals surface area (Å²) in [5, 5.41) is 5.74. The highest BCUT2D eigenvalue weighted by Crippen LogP contribution is 2.25. The molecular formula is C16H17N5. The van der Waals surface area contributed by atoms with Crippen molar-refractivity contribution in [3.63, 3.8) is 0 Å². The van der Waals surface area contributed by atoms with Gasteiger partial charge in [-0.05, 0) is 29.3 Å². The minimum Gasteiger partial charge on any atom is -0.340 e. The number of aromatic nitrogens is 2. The van der Waals surface area contributed by atoms with Crippen molar-refractivity contribution in [3.8, 4) is 0 Å². The van der Waals surface area contributed by atoms with Crippen LogP contribution in [0.1, 0.15) is 12.5 Å². The number of hydrazine groups is 1. The van der Waals surface area contributed by atoms with Crippen molar-refractivity contribution in [3.05, 3.63) is 54.4 Å². The molecule has 0 radical (unpaired) electrons. The Kier molecular flexibility index (Phi) is 3.66. The van der Waals surface area contributed by atoms with Gasteiger partial charge >= 0.3 is 0 Å². The summed E-state index contributed by atoms with van der Waals surface area (Å²) >= 11 is 0. The number of hydrogen-bond donors (Lipinski definition) is 3. The fourth-order valence-electron chi connectivity index (χ4n) is 2.38. The van der Waals surface area contributed by atoms with Gasteiger partial charge in [0.25, 0.3) is 0 Å². The molecule has 0 unspecified atom stereocenters. The van der Waals surface area contributed by atoms with Crippen molar-refractivity contribution >= 4 is 28.1 Å². The molecule has 0 atom stereocenters. The smallest absolute Gasteiger partial charge is 0.148 e. The molecule has 0 amide bonds. The van der Waals surface area contributed by atoms with Crippen LogP contribution < -0.4 is 16.6 Å². The molecule has 2 aromatic carbocycles. The van der Waals surface area contributed by atoms with Crippen LogP contribution in [0.15, 0.2) is 48.8 Å².